The topological polar surface area (TPSA) is 440 Å². The minimum atomic E-state index is -2.57. The lowest BCUT2D eigenvalue weighted by Crippen LogP contribution is -2.82. The molecule has 106 heavy (non-hydrogen) atoms. The Balaban J connectivity index is 0.957. The number of aliphatic hydroxyl groups is 2. The van der Waals surface area contributed by atoms with E-state index in [1.807, 2.05) is 0 Å². The number of Topliss-reactive ketones (excluding diaryl/α,β-unsaturated/α-hetero) is 1. The van der Waals surface area contributed by atoms with Crippen LogP contribution in [0.3, 0.4) is 0 Å². The number of benzene rings is 4. The number of hydrogen-bond acceptors (Lipinski definition) is 22. The summed E-state index contributed by atoms with van der Waals surface area (Å²) < 4.78 is 43.1. The normalized spacial score (nSPS) is 24.7. The number of carboxylic acids is 1. The van der Waals surface area contributed by atoms with Crippen molar-refractivity contribution in [3.63, 3.8) is 0 Å². The lowest BCUT2D eigenvalue weighted by atomic mass is 9.44. The number of nitrogens with one attached hydrogen (secondary N) is 5. The number of esters is 4. The highest BCUT2D eigenvalue weighted by Gasteiger charge is 2.78. The quantitative estimate of drug-likeness (QED) is 0.0178. The van der Waals surface area contributed by atoms with E-state index in [0.29, 0.717) is 5.56 Å². The van der Waals surface area contributed by atoms with Crippen molar-refractivity contribution in [2.75, 3.05) is 44.6 Å². The highest BCUT2D eigenvalue weighted by molar-refractivity contribution is 5.99. The first-order valence-corrected chi connectivity index (χ1v) is 34.8. The molecule has 0 aromatic heterocycles. The third-order valence-electron chi connectivity index (χ3n) is 20.5. The zero-order chi connectivity index (χ0) is 77.2. The number of anilines is 1. The van der Waals surface area contributed by atoms with E-state index >= 15 is 9.59 Å². The van der Waals surface area contributed by atoms with Gasteiger partial charge in [-0.2, -0.15) is 0 Å². The predicted octanol–water partition coefficient (Wildman–Crippen LogP) is 4.71. The van der Waals surface area contributed by atoms with E-state index in [9.17, 15) is 63.0 Å². The lowest BCUT2D eigenvalue weighted by Gasteiger charge is -2.67. The molecule has 13 atom stereocenters. The Kier molecular flexibility index (Phi) is 25.1. The lowest BCUT2D eigenvalue weighted by molar-refractivity contribution is -0.346. The van der Waals surface area contributed by atoms with Crippen molar-refractivity contribution >= 4 is 83.2 Å². The number of carboxylic acid groups (broad SMARTS) is 1. The summed E-state index contributed by atoms with van der Waals surface area (Å²) in [4.78, 5) is 181. The second kappa shape index (κ2) is 33.5. The van der Waals surface area contributed by atoms with Crippen LogP contribution < -0.4 is 32.3 Å². The van der Waals surface area contributed by atoms with Crippen molar-refractivity contribution in [1.29, 1.82) is 0 Å². The van der Waals surface area contributed by atoms with Gasteiger partial charge in [-0.05, 0) is 91.3 Å². The first-order chi connectivity index (χ1) is 50.2. The molecule has 3 aliphatic carbocycles. The van der Waals surface area contributed by atoms with E-state index < -0.39 is 186 Å². The molecule has 2 bridgehead atoms. The molecule has 9 rings (SSSR count). The summed E-state index contributed by atoms with van der Waals surface area (Å²) in [7, 11) is 0. The highest BCUT2D eigenvalue weighted by atomic mass is 16.6. The zero-order valence-corrected chi connectivity index (χ0v) is 60.0. The molecule has 31 nitrogen and oxygen atoms in total. The Bertz CT molecular complexity index is 4000. The minimum Gasteiger partial charge on any atom is -0.481 e. The second-order valence-electron chi connectivity index (χ2n) is 28.1. The molecular formula is C75H90N8O23. The van der Waals surface area contributed by atoms with Gasteiger partial charge in [0.1, 0.15) is 48.6 Å². The smallest absolute Gasteiger partial charge is 0.410 e. The number of piperazine rings is 1. The number of aliphatic hydroxyl groups excluding tert-OH is 1. The molecule has 0 radical (unpaired) electrons. The van der Waals surface area contributed by atoms with E-state index in [1.54, 1.807) is 92.7 Å². The maximum absolute atomic E-state index is 16.0. The number of hydrogen-bond donors (Lipinski definition) is 9. The summed E-state index contributed by atoms with van der Waals surface area (Å²) in [6.07, 6.45) is -14.0. The second-order valence-corrected chi connectivity index (χ2v) is 28.1. The molecule has 2 heterocycles. The number of urea groups is 1. The van der Waals surface area contributed by atoms with Crippen LogP contribution in [0.25, 0.3) is 0 Å². The molecule has 0 spiro atoms. The van der Waals surface area contributed by atoms with Crippen LogP contribution in [0.1, 0.15) is 132 Å². The summed E-state index contributed by atoms with van der Waals surface area (Å²) in [5, 5.41) is 48.7. The number of carbonyl (C=O) groups is 13. The molecule has 4 fully saturated rings. The number of nitrogens with zero attached hydrogens (tertiary/aromatic N) is 2. The van der Waals surface area contributed by atoms with Crippen molar-refractivity contribution in [2.45, 2.75) is 166 Å². The van der Waals surface area contributed by atoms with Gasteiger partial charge in [0.05, 0.1) is 36.0 Å². The minimum absolute atomic E-state index is 0.00434. The van der Waals surface area contributed by atoms with Crippen LogP contribution in [-0.2, 0) is 78.1 Å². The first-order valence-electron chi connectivity index (χ1n) is 34.8. The SMILES string of the molecule is CC(=O)O[C@H]1C(=O)[C@@]2(C)[C@H]([C@H](OC(=O)c3ccccc3)[C@]3(O)C[C@H](OC(=O)[C@H](OC(=O)N4CCN(C(=O)OCc5ccc(NC(=O)[C@H](CCCNC(N)=O)NC(=O)[C@@H](NC(=O)CCC(=O)O)C(C)C)cc5)CC4)[C@@H](NC(=O)c4ccccc4)c4ccccc4)C(C)=C1C3(C)C)[C@]1(OC(C)=O)CO[C@@H]1C[C@@H]2O. The molecule has 31 heteroatoms. The zero-order valence-electron chi connectivity index (χ0n) is 60.0. The molecule has 10 N–H and O–H groups in total. The van der Waals surface area contributed by atoms with Crippen LogP contribution >= 0.6 is 0 Å². The summed E-state index contributed by atoms with van der Waals surface area (Å²) >= 11 is 0. The molecule has 0 unspecified atom stereocenters. The van der Waals surface area contributed by atoms with Crippen molar-refractivity contribution in [2.24, 2.45) is 28.4 Å². The fourth-order valence-electron chi connectivity index (χ4n) is 14.7. The number of carbonyl (C=O) groups excluding carboxylic acids is 12. The summed E-state index contributed by atoms with van der Waals surface area (Å²) in [6, 6.07) is 25.1. The number of ether oxygens (including phenoxy) is 7. The van der Waals surface area contributed by atoms with Crippen LogP contribution in [0.5, 0.6) is 0 Å². The Morgan fingerprint density at radius 1 is 0.726 bits per heavy atom. The van der Waals surface area contributed by atoms with Gasteiger partial charge in [0.25, 0.3) is 5.91 Å². The van der Waals surface area contributed by atoms with E-state index in [1.165, 1.54) is 73.9 Å². The molecule has 8 amide bonds. The molecule has 2 saturated heterocycles. The Hall–Kier alpha value is -10.8. The Morgan fingerprint density at radius 3 is 1.90 bits per heavy atom. The number of fused-ring (bicyclic) bond motifs is 5. The van der Waals surface area contributed by atoms with Crippen molar-refractivity contribution in [3.05, 3.63) is 149 Å². The Morgan fingerprint density at radius 2 is 1.33 bits per heavy atom. The summed E-state index contributed by atoms with van der Waals surface area (Å²) in [5.41, 5.74) is -2.17. The third kappa shape index (κ3) is 17.4. The fraction of sp³-hybridized carbons (Fsp3) is 0.480. The molecule has 2 aliphatic heterocycles. The number of ketones is 1. The van der Waals surface area contributed by atoms with Gasteiger partial charge in [0.15, 0.2) is 17.5 Å². The highest BCUT2D eigenvalue weighted by Crippen LogP contribution is 2.64. The molecule has 568 valence electrons. The van der Waals surface area contributed by atoms with Gasteiger partial charge in [-0.3, -0.25) is 38.4 Å². The van der Waals surface area contributed by atoms with Gasteiger partial charge in [-0.1, -0.05) is 107 Å². The maximum Gasteiger partial charge on any atom is 0.410 e. The third-order valence-corrected chi connectivity index (χ3v) is 20.5. The van der Waals surface area contributed by atoms with E-state index in [4.69, 9.17) is 44.0 Å². The Labute approximate surface area is 610 Å². The largest absolute Gasteiger partial charge is 0.481 e. The monoisotopic (exact) mass is 1470 g/mol. The fourth-order valence-corrected chi connectivity index (χ4v) is 14.7. The standard InChI is InChI=1S/C75H90N8O23/c1-41(2)57(80-54(87)30-31-55(88)89)66(93)79-50(25-18-32-77-69(76)96)65(92)78-49-28-26-45(27-29-49)39-100-70(97)82-33-35-83(36-34-82)71(98)104-60(58(46-19-12-9-13-20-46)81-64(91)47-21-14-10-15-22-47)68(95)103-51-38-75(99)63(105-67(94)48-23-16-11-17-24-48)61-73(8,52(86)37-53-74(61,40-101-53)106-44(5)85)62(90)59(102-43(4)84)56(42(51)3)72(75,6)7/h9-17,19-24,26-29,41,50-53,57-61,63,86,99H,18,25,30-40H2,1-8H3,(H,78,92)(H,79,93)(H,80,87)(H,81,91)(H,88,89)(H3,76,77,96)/t50-,51-,52-,53+,57-,58-,59+,60+,61-,63-,73+,74-,75+/m0/s1. The van der Waals surface area contributed by atoms with Crippen LogP contribution in [0.2, 0.25) is 0 Å². The van der Waals surface area contributed by atoms with Crippen LogP contribution in [0.4, 0.5) is 20.1 Å². The number of primary amides is 1. The van der Waals surface area contributed by atoms with Crippen LogP contribution in [0.15, 0.2) is 126 Å². The number of amides is 8. The summed E-state index contributed by atoms with van der Waals surface area (Å²) in [6.45, 7) is 10.2. The first kappa shape index (κ1) is 79.3. The van der Waals surface area contributed by atoms with Gasteiger partial charge < -0.3 is 90.6 Å². The van der Waals surface area contributed by atoms with Gasteiger partial charge in [0.2, 0.25) is 23.8 Å². The molecule has 4 aromatic carbocycles. The van der Waals surface area contributed by atoms with Crippen LogP contribution in [0, 0.1) is 22.7 Å². The van der Waals surface area contributed by atoms with Crippen molar-refractivity contribution in [3.8, 4) is 0 Å². The van der Waals surface area contributed by atoms with Gasteiger partial charge >= 0.3 is 48.1 Å². The predicted molar refractivity (Wildman–Crippen MR) is 373 cm³/mol. The van der Waals surface area contributed by atoms with E-state index in [-0.39, 0.29) is 98.5 Å². The maximum atomic E-state index is 16.0. The molecule has 4 aromatic rings. The average molecular weight is 1470 g/mol. The van der Waals surface area contributed by atoms with E-state index in [0.717, 1.165) is 13.8 Å². The molecular weight excluding hydrogens is 1380 g/mol. The summed E-state index contributed by atoms with van der Waals surface area (Å²) in [5.74, 6) is -11.2. The van der Waals surface area contributed by atoms with Crippen LogP contribution in [-0.4, -0.2) is 202 Å². The van der Waals surface area contributed by atoms with Gasteiger partial charge in [0, 0.05) is 82.5 Å². The van der Waals surface area contributed by atoms with E-state index in [2.05, 4.69) is 26.6 Å². The molecule has 5 aliphatic rings. The average Bonchev–Trinajstić information content (AvgIpc) is 0.668. The van der Waals surface area contributed by atoms with Gasteiger partial charge in [-0.25, -0.2) is 24.0 Å². The number of rotatable bonds is 26. The van der Waals surface area contributed by atoms with Crippen molar-refractivity contribution in [1.82, 2.24) is 31.1 Å². The number of aliphatic carboxylic acids is 1. The van der Waals surface area contributed by atoms with Crippen molar-refractivity contribution < 1.29 is 111 Å². The van der Waals surface area contributed by atoms with Gasteiger partial charge in [-0.15, -0.1) is 0 Å². The molecule has 2 saturated carbocycles. The number of nitrogens with two attached hydrogens (primary N) is 1.